The Hall–Kier alpha value is -3.45. The summed E-state index contributed by atoms with van der Waals surface area (Å²) in [6.07, 6.45) is 3.20. The maximum Gasteiger partial charge on any atom is 0.269 e. The predicted octanol–water partition coefficient (Wildman–Crippen LogP) is 4.44. The predicted molar refractivity (Wildman–Crippen MR) is 116 cm³/mol. The lowest BCUT2D eigenvalue weighted by molar-refractivity contribution is -0.384. The van der Waals surface area contributed by atoms with Gasteiger partial charge in [0.25, 0.3) is 5.69 Å². The number of nitrogens with zero attached hydrogens (tertiary/aromatic N) is 3. The van der Waals surface area contributed by atoms with Crippen LogP contribution in [0.5, 0.6) is 0 Å². The third-order valence-corrected chi connectivity index (χ3v) is 5.10. The molecule has 0 aliphatic carbocycles. The summed E-state index contributed by atoms with van der Waals surface area (Å²) in [4.78, 5) is 22.4. The molecule has 154 valence electrons. The second kappa shape index (κ2) is 9.37. The lowest BCUT2D eigenvalue weighted by atomic mass is 10.1. The van der Waals surface area contributed by atoms with Crippen molar-refractivity contribution in [2.45, 2.75) is 26.9 Å². The fourth-order valence-electron chi connectivity index (χ4n) is 3.04. The zero-order chi connectivity index (χ0) is 21.7. The maximum atomic E-state index is 12.2. The Kier molecular flexibility index (Phi) is 6.64. The van der Waals surface area contributed by atoms with E-state index in [1.807, 2.05) is 42.8 Å². The molecule has 0 radical (unpaired) electrons. The molecule has 0 saturated carbocycles. The highest BCUT2D eigenvalue weighted by molar-refractivity contribution is 6.31. The van der Waals surface area contributed by atoms with Crippen LogP contribution in [-0.4, -0.2) is 20.6 Å². The molecule has 3 rings (SSSR count). The molecule has 0 aliphatic rings. The molecule has 1 heterocycles. The van der Waals surface area contributed by atoms with E-state index in [0.29, 0.717) is 11.6 Å². The Morgan fingerprint density at radius 1 is 1.20 bits per heavy atom. The van der Waals surface area contributed by atoms with E-state index in [2.05, 4.69) is 10.4 Å². The molecule has 0 unspecified atom stereocenters. The minimum atomic E-state index is -0.457. The first-order valence-corrected chi connectivity index (χ1v) is 9.69. The van der Waals surface area contributed by atoms with Crippen molar-refractivity contribution in [3.05, 3.63) is 97.8 Å². The molecule has 1 aromatic heterocycles. The first-order chi connectivity index (χ1) is 14.3. The number of benzene rings is 2. The zero-order valence-electron chi connectivity index (χ0n) is 16.6. The molecule has 0 spiro atoms. The average Bonchev–Trinajstić information content (AvgIpc) is 2.99. The van der Waals surface area contributed by atoms with E-state index in [4.69, 9.17) is 11.6 Å². The number of aryl methyl sites for hydroxylation is 1. The molecule has 7 nitrogen and oxygen atoms in total. The van der Waals surface area contributed by atoms with Crippen LogP contribution in [0.25, 0.3) is 6.08 Å². The van der Waals surface area contributed by atoms with Crippen molar-refractivity contribution >= 4 is 29.3 Å². The van der Waals surface area contributed by atoms with E-state index in [1.165, 1.54) is 18.2 Å². The first-order valence-electron chi connectivity index (χ1n) is 9.32. The Labute approximate surface area is 179 Å². The van der Waals surface area contributed by atoms with Gasteiger partial charge >= 0.3 is 0 Å². The zero-order valence-corrected chi connectivity index (χ0v) is 17.4. The Morgan fingerprint density at radius 2 is 1.90 bits per heavy atom. The molecule has 1 amide bonds. The molecule has 30 heavy (non-hydrogen) atoms. The quantitative estimate of drug-likeness (QED) is 0.345. The number of aromatic nitrogens is 2. The fraction of sp³-hybridized carbons (Fsp3) is 0.182. The van der Waals surface area contributed by atoms with Gasteiger partial charge in [-0.2, -0.15) is 5.10 Å². The van der Waals surface area contributed by atoms with Crippen molar-refractivity contribution in [3.8, 4) is 0 Å². The summed E-state index contributed by atoms with van der Waals surface area (Å²) in [5.74, 6) is -0.258. The van der Waals surface area contributed by atoms with Crippen LogP contribution in [0.2, 0.25) is 5.02 Å². The molecule has 8 heteroatoms. The molecular formula is C22H21ClN4O3. The van der Waals surface area contributed by atoms with Gasteiger partial charge in [0.05, 0.1) is 17.2 Å². The van der Waals surface area contributed by atoms with Crippen LogP contribution in [-0.2, 0) is 17.9 Å². The second-order valence-corrected chi connectivity index (χ2v) is 7.22. The highest BCUT2D eigenvalue weighted by Crippen LogP contribution is 2.20. The van der Waals surface area contributed by atoms with Gasteiger partial charge in [-0.05, 0) is 37.1 Å². The summed E-state index contributed by atoms with van der Waals surface area (Å²) in [5.41, 5.74) is 4.41. The molecule has 2 aromatic carbocycles. The molecule has 0 fully saturated rings. The monoisotopic (exact) mass is 424 g/mol. The Balaban J connectivity index is 1.64. The highest BCUT2D eigenvalue weighted by atomic mass is 35.5. The summed E-state index contributed by atoms with van der Waals surface area (Å²) in [5, 5.41) is 18.7. The minimum Gasteiger partial charge on any atom is -0.348 e. The van der Waals surface area contributed by atoms with Crippen LogP contribution >= 0.6 is 11.6 Å². The minimum absolute atomic E-state index is 0.0183. The van der Waals surface area contributed by atoms with Gasteiger partial charge in [-0.1, -0.05) is 41.9 Å². The lowest BCUT2D eigenvalue weighted by Gasteiger charge is -2.06. The van der Waals surface area contributed by atoms with Crippen molar-refractivity contribution in [3.63, 3.8) is 0 Å². The molecule has 1 N–H and O–H groups in total. The number of non-ortho nitro benzene ring substituents is 1. The van der Waals surface area contributed by atoms with Gasteiger partial charge in [0.15, 0.2) is 0 Å². The number of carbonyl (C=O) groups excluding carboxylic acids is 1. The van der Waals surface area contributed by atoms with Crippen molar-refractivity contribution in [2.75, 3.05) is 0 Å². The maximum absolute atomic E-state index is 12.2. The molecule has 0 saturated heterocycles. The summed E-state index contributed by atoms with van der Waals surface area (Å²) in [6, 6.07) is 13.7. The van der Waals surface area contributed by atoms with E-state index < -0.39 is 4.92 Å². The van der Waals surface area contributed by atoms with Crippen LogP contribution in [0, 0.1) is 24.0 Å². The van der Waals surface area contributed by atoms with Crippen molar-refractivity contribution < 1.29 is 9.72 Å². The highest BCUT2D eigenvalue weighted by Gasteiger charge is 2.11. The molecule has 3 aromatic rings. The van der Waals surface area contributed by atoms with E-state index in [0.717, 1.165) is 28.1 Å². The summed E-state index contributed by atoms with van der Waals surface area (Å²) >= 11 is 6.24. The largest absolute Gasteiger partial charge is 0.348 e. The Morgan fingerprint density at radius 3 is 2.57 bits per heavy atom. The van der Waals surface area contributed by atoms with Crippen molar-refractivity contribution in [1.82, 2.24) is 15.1 Å². The van der Waals surface area contributed by atoms with E-state index >= 15 is 0 Å². The molecular weight excluding hydrogens is 404 g/mol. The normalized spacial score (nSPS) is 11.0. The molecule has 0 bridgehead atoms. The van der Waals surface area contributed by atoms with Crippen LogP contribution in [0.15, 0.2) is 54.6 Å². The lowest BCUT2D eigenvalue weighted by Crippen LogP contribution is -2.20. The number of carbonyl (C=O) groups is 1. The summed E-state index contributed by atoms with van der Waals surface area (Å²) in [6.45, 7) is 4.67. The van der Waals surface area contributed by atoms with Gasteiger partial charge in [0, 0.05) is 41.0 Å². The molecule has 0 atom stereocenters. The number of amides is 1. The van der Waals surface area contributed by atoms with Crippen LogP contribution in [0.1, 0.15) is 28.1 Å². The third-order valence-electron chi connectivity index (χ3n) is 4.73. The first kappa shape index (κ1) is 21.3. The van der Waals surface area contributed by atoms with Crippen LogP contribution in [0.3, 0.4) is 0 Å². The van der Waals surface area contributed by atoms with Crippen molar-refractivity contribution in [2.24, 2.45) is 0 Å². The SMILES string of the molecule is Cc1nn(Cc2ccccc2Cl)c(C)c1C=CC(=O)NCc1ccc([N+](=O)[O-])cc1. The van der Waals surface area contributed by atoms with E-state index in [9.17, 15) is 14.9 Å². The Bertz CT molecular complexity index is 1100. The van der Waals surface area contributed by atoms with Crippen LogP contribution in [0.4, 0.5) is 5.69 Å². The fourth-order valence-corrected chi connectivity index (χ4v) is 3.23. The molecule has 0 aliphatic heterocycles. The van der Waals surface area contributed by atoms with E-state index in [1.54, 1.807) is 18.2 Å². The van der Waals surface area contributed by atoms with Crippen molar-refractivity contribution in [1.29, 1.82) is 0 Å². The summed E-state index contributed by atoms with van der Waals surface area (Å²) in [7, 11) is 0. The van der Waals surface area contributed by atoms with Gasteiger partial charge in [-0.15, -0.1) is 0 Å². The number of rotatable bonds is 7. The smallest absolute Gasteiger partial charge is 0.269 e. The van der Waals surface area contributed by atoms with Crippen LogP contribution < -0.4 is 5.32 Å². The summed E-state index contributed by atoms with van der Waals surface area (Å²) < 4.78 is 1.87. The topological polar surface area (TPSA) is 90.1 Å². The van der Waals surface area contributed by atoms with Gasteiger partial charge in [0.1, 0.15) is 0 Å². The number of hydrogen-bond acceptors (Lipinski definition) is 4. The number of nitrogens with one attached hydrogen (secondary N) is 1. The standard InChI is InChI=1S/C22H21ClN4O3/c1-15-20(16(2)26(25-15)14-18-5-3-4-6-21(18)23)11-12-22(28)24-13-17-7-9-19(10-8-17)27(29)30/h3-12H,13-14H2,1-2H3,(H,24,28). The number of hydrogen-bond donors (Lipinski definition) is 1. The van der Waals surface area contributed by atoms with Gasteiger partial charge < -0.3 is 5.32 Å². The van der Waals surface area contributed by atoms with Gasteiger partial charge in [0.2, 0.25) is 5.91 Å². The van der Waals surface area contributed by atoms with E-state index in [-0.39, 0.29) is 18.1 Å². The second-order valence-electron chi connectivity index (χ2n) is 6.81. The number of nitro groups is 1. The number of halogens is 1. The third kappa shape index (κ3) is 5.12. The average molecular weight is 425 g/mol. The van der Waals surface area contributed by atoms with Gasteiger partial charge in [-0.25, -0.2) is 0 Å². The van der Waals surface area contributed by atoms with Gasteiger partial charge in [-0.3, -0.25) is 19.6 Å². The number of nitro benzene ring substituents is 1.